The molecule has 4 saturated heterocycles. The Morgan fingerprint density at radius 1 is 1.05 bits per heavy atom. The highest BCUT2D eigenvalue weighted by molar-refractivity contribution is 5.08. The summed E-state index contributed by atoms with van der Waals surface area (Å²) < 4.78 is 17.9. The lowest BCUT2D eigenvalue weighted by Crippen LogP contribution is -2.70. The van der Waals surface area contributed by atoms with E-state index >= 15 is 0 Å². The lowest BCUT2D eigenvalue weighted by atomic mass is 9.58. The van der Waals surface area contributed by atoms with Crippen LogP contribution in [0.3, 0.4) is 0 Å². The first-order valence-corrected chi connectivity index (χ1v) is 8.23. The molecule has 2 unspecified atom stereocenters. The average Bonchev–Trinajstić information content (AvgIpc) is 2.69. The fourth-order valence-electron chi connectivity index (χ4n) is 5.14. The molecule has 5 fully saturated rings. The number of hydrogen-bond donors (Lipinski definition) is 0. The number of hydrogen-bond acceptors (Lipinski definition) is 5. The minimum absolute atomic E-state index is 0.230. The van der Waals surface area contributed by atoms with Gasteiger partial charge in [0.2, 0.25) is 5.79 Å². The molecule has 0 aromatic carbocycles. The van der Waals surface area contributed by atoms with E-state index in [2.05, 4.69) is 13.8 Å². The van der Waals surface area contributed by atoms with Crippen molar-refractivity contribution in [3.63, 3.8) is 0 Å². The molecule has 0 radical (unpaired) electrons. The van der Waals surface area contributed by atoms with Gasteiger partial charge in [0, 0.05) is 25.4 Å². The molecule has 120 valence electrons. The first-order valence-electron chi connectivity index (χ1n) is 8.23. The van der Waals surface area contributed by atoms with E-state index in [1.165, 1.54) is 6.42 Å². The Morgan fingerprint density at radius 2 is 1.86 bits per heavy atom. The second-order valence-electron chi connectivity index (χ2n) is 7.51. The van der Waals surface area contributed by atoms with E-state index < -0.39 is 17.7 Å². The van der Waals surface area contributed by atoms with Crippen LogP contribution >= 0.6 is 0 Å². The molecule has 0 N–H and O–H groups in total. The van der Waals surface area contributed by atoms with Crippen molar-refractivity contribution >= 4 is 0 Å². The minimum atomic E-state index is -0.698. The Hall–Kier alpha value is -0.200. The highest BCUT2D eigenvalue weighted by Gasteiger charge is 2.69. The van der Waals surface area contributed by atoms with Crippen molar-refractivity contribution < 1.29 is 24.0 Å². The van der Waals surface area contributed by atoms with Gasteiger partial charge in [-0.1, -0.05) is 13.8 Å². The van der Waals surface area contributed by atoms with Gasteiger partial charge in [0.15, 0.2) is 18.2 Å². The largest absolute Gasteiger partial charge is 0.355 e. The van der Waals surface area contributed by atoms with E-state index in [4.69, 9.17) is 24.0 Å². The Labute approximate surface area is 126 Å². The Bertz CT molecular complexity index is 429. The predicted octanol–water partition coefficient (Wildman–Crippen LogP) is 2.84. The van der Waals surface area contributed by atoms with Crippen molar-refractivity contribution in [1.29, 1.82) is 0 Å². The molecular formula is C16H26O5. The maximum absolute atomic E-state index is 6.21. The minimum Gasteiger partial charge on any atom is -0.355 e. The van der Waals surface area contributed by atoms with Crippen molar-refractivity contribution in [2.75, 3.05) is 7.11 Å². The Balaban J connectivity index is 1.79. The molecule has 1 aliphatic carbocycles. The summed E-state index contributed by atoms with van der Waals surface area (Å²) in [6, 6.07) is 0. The van der Waals surface area contributed by atoms with E-state index in [1.54, 1.807) is 7.11 Å². The zero-order valence-corrected chi connectivity index (χ0v) is 13.3. The van der Waals surface area contributed by atoms with Crippen LogP contribution in [0.5, 0.6) is 0 Å². The maximum Gasteiger partial charge on any atom is 0.201 e. The van der Waals surface area contributed by atoms with Gasteiger partial charge in [0.05, 0.1) is 0 Å². The van der Waals surface area contributed by atoms with E-state index in [9.17, 15) is 0 Å². The lowest BCUT2D eigenvalue weighted by molar-refractivity contribution is -0.577. The first-order chi connectivity index (χ1) is 10.00. The Kier molecular flexibility index (Phi) is 3.19. The second kappa shape index (κ2) is 4.65. The van der Waals surface area contributed by atoms with Crippen LogP contribution in [0, 0.1) is 23.7 Å². The van der Waals surface area contributed by atoms with E-state index in [0.717, 1.165) is 19.3 Å². The van der Waals surface area contributed by atoms with Gasteiger partial charge in [-0.05, 0) is 38.0 Å². The Morgan fingerprint density at radius 3 is 2.62 bits per heavy atom. The summed E-state index contributed by atoms with van der Waals surface area (Å²) >= 11 is 0. The van der Waals surface area contributed by atoms with Crippen LogP contribution in [0.15, 0.2) is 0 Å². The monoisotopic (exact) mass is 298 g/mol. The van der Waals surface area contributed by atoms with Gasteiger partial charge < -0.3 is 14.2 Å². The number of rotatable bonds is 1. The van der Waals surface area contributed by atoms with Crippen LogP contribution < -0.4 is 0 Å². The summed E-state index contributed by atoms with van der Waals surface area (Å²) in [5.74, 6) is 0.953. The fraction of sp³-hybridized carbons (Fsp3) is 1.00. The molecule has 4 heterocycles. The van der Waals surface area contributed by atoms with Crippen molar-refractivity contribution in [3.8, 4) is 0 Å². The molecule has 21 heavy (non-hydrogen) atoms. The van der Waals surface area contributed by atoms with Gasteiger partial charge in [-0.25, -0.2) is 9.78 Å². The van der Waals surface area contributed by atoms with Crippen LogP contribution in [0.1, 0.15) is 46.5 Å². The third-order valence-electron chi connectivity index (χ3n) is 6.33. The van der Waals surface area contributed by atoms with Gasteiger partial charge in [-0.3, -0.25) is 0 Å². The molecule has 1 spiro atoms. The van der Waals surface area contributed by atoms with Gasteiger partial charge >= 0.3 is 0 Å². The zero-order valence-electron chi connectivity index (χ0n) is 13.3. The molecule has 5 nitrogen and oxygen atoms in total. The normalized spacial score (nSPS) is 59.4. The van der Waals surface area contributed by atoms with Crippen LogP contribution in [0.4, 0.5) is 0 Å². The third kappa shape index (κ3) is 1.81. The van der Waals surface area contributed by atoms with Crippen molar-refractivity contribution in [3.05, 3.63) is 0 Å². The summed E-state index contributed by atoms with van der Waals surface area (Å²) in [6.45, 7) is 6.46. The fourth-order valence-corrected chi connectivity index (χ4v) is 5.14. The molecule has 5 aliphatic rings. The van der Waals surface area contributed by atoms with Crippen molar-refractivity contribution in [2.45, 2.75) is 70.4 Å². The summed E-state index contributed by atoms with van der Waals surface area (Å²) in [5, 5.41) is 0. The number of fused-ring (bicyclic) bond motifs is 2. The van der Waals surface area contributed by atoms with Crippen LogP contribution in [0.2, 0.25) is 0 Å². The second-order valence-corrected chi connectivity index (χ2v) is 7.51. The average molecular weight is 298 g/mol. The highest BCUT2D eigenvalue weighted by atomic mass is 17.3. The number of methoxy groups -OCH3 is 1. The quantitative estimate of drug-likeness (QED) is 0.697. The molecule has 5 rings (SSSR count). The molecule has 5 heteroatoms. The lowest BCUT2D eigenvalue weighted by Gasteiger charge is -2.60. The maximum atomic E-state index is 6.21. The summed E-state index contributed by atoms with van der Waals surface area (Å²) in [6.07, 6.45) is 3.64. The third-order valence-corrected chi connectivity index (χ3v) is 6.33. The summed E-state index contributed by atoms with van der Waals surface area (Å²) in [7, 11) is 1.70. The van der Waals surface area contributed by atoms with Crippen LogP contribution in [-0.2, 0) is 24.0 Å². The van der Waals surface area contributed by atoms with Gasteiger partial charge in [0.1, 0.15) is 0 Å². The molecule has 0 amide bonds. The van der Waals surface area contributed by atoms with E-state index in [-0.39, 0.29) is 12.2 Å². The molecule has 8 atom stereocenters. The topological polar surface area (TPSA) is 46.2 Å². The van der Waals surface area contributed by atoms with Crippen molar-refractivity contribution in [1.82, 2.24) is 0 Å². The van der Waals surface area contributed by atoms with Gasteiger partial charge in [0.25, 0.3) is 0 Å². The standard InChI is InChI=1S/C16H26O5/c1-9-5-6-12-10(2)13(17-4)18-14-16(12)11(9)7-8-15(3,19-14)20-21-16/h9-14H,5-8H2,1-4H3/t9-,10-,11?,12?,13+,14-,15-,16-/m1/s1. The molecule has 0 aromatic rings. The van der Waals surface area contributed by atoms with Crippen LogP contribution in [-0.4, -0.2) is 31.1 Å². The van der Waals surface area contributed by atoms with Crippen LogP contribution in [0.25, 0.3) is 0 Å². The molecule has 1 saturated carbocycles. The van der Waals surface area contributed by atoms with Crippen molar-refractivity contribution in [2.24, 2.45) is 23.7 Å². The molecule has 4 aliphatic heterocycles. The zero-order chi connectivity index (χ0) is 14.8. The predicted molar refractivity (Wildman–Crippen MR) is 73.8 cm³/mol. The highest BCUT2D eigenvalue weighted by Crippen LogP contribution is 2.60. The molecule has 2 bridgehead atoms. The first kappa shape index (κ1) is 14.4. The van der Waals surface area contributed by atoms with Gasteiger partial charge in [-0.15, -0.1) is 0 Å². The summed E-state index contributed by atoms with van der Waals surface area (Å²) in [4.78, 5) is 11.8. The van der Waals surface area contributed by atoms with E-state index in [0.29, 0.717) is 17.8 Å². The molecule has 0 aromatic heterocycles. The van der Waals surface area contributed by atoms with Gasteiger partial charge in [-0.2, -0.15) is 0 Å². The summed E-state index contributed by atoms with van der Waals surface area (Å²) in [5.41, 5.74) is -0.470. The smallest absolute Gasteiger partial charge is 0.201 e. The number of ether oxygens (including phenoxy) is 3. The SMILES string of the molecule is CO[C@H]1O[C@@H]2O[C@@]3(C)CCC4[C@H](C)CCC([C@H]1C)[C@]42OO3. The van der Waals surface area contributed by atoms with E-state index in [1.807, 2.05) is 6.92 Å². The molecular weight excluding hydrogens is 272 g/mol.